The van der Waals surface area contributed by atoms with Crippen molar-refractivity contribution in [2.24, 2.45) is 0 Å². The number of hydrogen-bond acceptors (Lipinski definition) is 3. The third kappa shape index (κ3) is 0.806. The van der Waals surface area contributed by atoms with Crippen molar-refractivity contribution in [1.82, 2.24) is 19.9 Å². The van der Waals surface area contributed by atoms with Crippen molar-refractivity contribution in [3.63, 3.8) is 0 Å². The highest BCUT2D eigenvalue weighted by Crippen LogP contribution is 2.17. The van der Waals surface area contributed by atoms with Gasteiger partial charge in [-0.3, -0.25) is 9.78 Å². The Morgan fingerprint density at radius 1 is 1.21 bits per heavy atom. The van der Waals surface area contributed by atoms with Gasteiger partial charge in [0.15, 0.2) is 0 Å². The van der Waals surface area contributed by atoms with Crippen LogP contribution in [-0.2, 0) is 0 Å². The number of rotatable bonds is 0. The molecular weight excluding hydrogens is 180 g/mol. The van der Waals surface area contributed by atoms with Crippen LogP contribution in [0.3, 0.4) is 0 Å². The molecule has 0 aliphatic rings. The van der Waals surface area contributed by atoms with Gasteiger partial charge in [-0.15, -0.1) is 0 Å². The van der Waals surface area contributed by atoms with E-state index in [0.717, 1.165) is 11.0 Å². The standard InChI is InChI=1S/C9H6N4O/c14-9-8-7(11-4-12-9)6-5(13-8)2-1-3-10-6/h1-4,13H,(H,11,12,14). The van der Waals surface area contributed by atoms with Crippen LogP contribution in [-0.4, -0.2) is 19.9 Å². The van der Waals surface area contributed by atoms with Crippen molar-refractivity contribution in [2.75, 3.05) is 0 Å². The first-order valence-corrected chi connectivity index (χ1v) is 4.16. The fourth-order valence-electron chi connectivity index (χ4n) is 1.52. The van der Waals surface area contributed by atoms with Crippen molar-refractivity contribution in [1.29, 1.82) is 0 Å². The second-order valence-corrected chi connectivity index (χ2v) is 2.98. The molecule has 0 amide bonds. The van der Waals surface area contributed by atoms with E-state index in [2.05, 4.69) is 19.9 Å². The zero-order chi connectivity index (χ0) is 9.54. The molecule has 3 heterocycles. The van der Waals surface area contributed by atoms with Crippen LogP contribution >= 0.6 is 0 Å². The maximum absolute atomic E-state index is 11.4. The quantitative estimate of drug-likeness (QED) is 0.545. The highest BCUT2D eigenvalue weighted by Gasteiger charge is 2.07. The van der Waals surface area contributed by atoms with Gasteiger partial charge in [-0.25, -0.2) is 4.98 Å². The third-order valence-corrected chi connectivity index (χ3v) is 2.14. The van der Waals surface area contributed by atoms with Gasteiger partial charge >= 0.3 is 0 Å². The van der Waals surface area contributed by atoms with E-state index in [1.165, 1.54) is 6.33 Å². The zero-order valence-corrected chi connectivity index (χ0v) is 7.11. The molecular formula is C9H6N4O. The number of hydrogen-bond donors (Lipinski definition) is 2. The summed E-state index contributed by atoms with van der Waals surface area (Å²) in [5, 5.41) is 0. The molecule has 0 saturated carbocycles. The summed E-state index contributed by atoms with van der Waals surface area (Å²) in [6, 6.07) is 3.68. The Morgan fingerprint density at radius 2 is 2.14 bits per heavy atom. The number of fused-ring (bicyclic) bond motifs is 3. The van der Waals surface area contributed by atoms with E-state index >= 15 is 0 Å². The van der Waals surface area contributed by atoms with Gasteiger partial charge < -0.3 is 9.97 Å². The summed E-state index contributed by atoms with van der Waals surface area (Å²) in [5.74, 6) is 0. The molecule has 2 N–H and O–H groups in total. The van der Waals surface area contributed by atoms with Crippen molar-refractivity contribution >= 4 is 22.1 Å². The van der Waals surface area contributed by atoms with Crippen LogP contribution < -0.4 is 5.56 Å². The molecule has 3 aromatic heterocycles. The van der Waals surface area contributed by atoms with Crippen molar-refractivity contribution < 1.29 is 0 Å². The highest BCUT2D eigenvalue weighted by atomic mass is 16.1. The SMILES string of the molecule is O=c1[nH]cnc2c1[nH]c1cccnc12. The monoisotopic (exact) mass is 186 g/mol. The third-order valence-electron chi connectivity index (χ3n) is 2.14. The molecule has 0 unspecified atom stereocenters. The van der Waals surface area contributed by atoms with E-state index in [9.17, 15) is 4.79 Å². The molecule has 3 aromatic rings. The molecule has 0 aliphatic heterocycles. The molecule has 3 rings (SSSR count). The van der Waals surface area contributed by atoms with Crippen molar-refractivity contribution in [3.8, 4) is 0 Å². The molecule has 5 heteroatoms. The van der Waals surface area contributed by atoms with Crippen LogP contribution in [0.4, 0.5) is 0 Å². The van der Waals surface area contributed by atoms with Crippen LogP contribution in [0.25, 0.3) is 22.1 Å². The molecule has 0 radical (unpaired) electrons. The average molecular weight is 186 g/mol. The largest absolute Gasteiger partial charge is 0.347 e. The number of H-pyrrole nitrogens is 2. The fraction of sp³-hybridized carbons (Fsp3) is 0. The molecule has 14 heavy (non-hydrogen) atoms. The maximum atomic E-state index is 11.4. The van der Waals surface area contributed by atoms with Crippen molar-refractivity contribution in [2.45, 2.75) is 0 Å². The van der Waals surface area contributed by atoms with Crippen LogP contribution in [0.1, 0.15) is 0 Å². The molecule has 0 bridgehead atoms. The Labute approximate surface area is 77.8 Å². The predicted molar refractivity (Wildman–Crippen MR) is 52.0 cm³/mol. The smallest absolute Gasteiger partial charge is 0.275 e. The number of nitrogens with one attached hydrogen (secondary N) is 2. The molecule has 0 atom stereocenters. The summed E-state index contributed by atoms with van der Waals surface area (Å²) in [6.07, 6.45) is 3.06. The van der Waals surface area contributed by atoms with E-state index in [1.54, 1.807) is 6.20 Å². The number of aromatic nitrogens is 4. The number of nitrogens with zero attached hydrogens (tertiary/aromatic N) is 2. The Balaban J connectivity index is 2.70. The van der Waals surface area contributed by atoms with Gasteiger partial charge in [0.05, 0.1) is 11.8 Å². The van der Waals surface area contributed by atoms with Crippen LogP contribution in [0, 0.1) is 0 Å². The van der Waals surface area contributed by atoms with E-state index in [4.69, 9.17) is 0 Å². The van der Waals surface area contributed by atoms with Gasteiger partial charge in [-0.05, 0) is 12.1 Å². The van der Waals surface area contributed by atoms with E-state index < -0.39 is 0 Å². The number of pyridine rings is 1. The van der Waals surface area contributed by atoms with Crippen molar-refractivity contribution in [3.05, 3.63) is 35.0 Å². The second-order valence-electron chi connectivity index (χ2n) is 2.98. The van der Waals surface area contributed by atoms with Gasteiger partial charge in [0.1, 0.15) is 16.6 Å². The lowest BCUT2D eigenvalue weighted by Gasteiger charge is -1.86. The summed E-state index contributed by atoms with van der Waals surface area (Å²) < 4.78 is 0. The molecule has 0 aromatic carbocycles. The minimum Gasteiger partial charge on any atom is -0.347 e. The fourth-order valence-corrected chi connectivity index (χ4v) is 1.52. The minimum atomic E-state index is -0.173. The Kier molecular flexibility index (Phi) is 1.25. The molecule has 68 valence electrons. The van der Waals surface area contributed by atoms with E-state index in [-0.39, 0.29) is 5.56 Å². The van der Waals surface area contributed by atoms with Crippen LogP contribution in [0.5, 0.6) is 0 Å². The Hall–Kier alpha value is -2.17. The van der Waals surface area contributed by atoms with Crippen LogP contribution in [0.2, 0.25) is 0 Å². The maximum Gasteiger partial charge on any atom is 0.275 e. The topological polar surface area (TPSA) is 74.4 Å². The summed E-state index contributed by atoms with van der Waals surface area (Å²) in [7, 11) is 0. The van der Waals surface area contributed by atoms with Crippen LogP contribution in [0.15, 0.2) is 29.5 Å². The lowest BCUT2D eigenvalue weighted by atomic mass is 10.3. The average Bonchev–Trinajstić information content (AvgIpc) is 2.59. The summed E-state index contributed by atoms with van der Waals surface area (Å²) in [4.78, 5) is 25.1. The molecule has 5 nitrogen and oxygen atoms in total. The zero-order valence-electron chi connectivity index (χ0n) is 7.11. The molecule has 0 fully saturated rings. The van der Waals surface area contributed by atoms with E-state index in [1.807, 2.05) is 12.1 Å². The summed E-state index contributed by atoms with van der Waals surface area (Å²) in [6.45, 7) is 0. The van der Waals surface area contributed by atoms with E-state index in [0.29, 0.717) is 11.0 Å². The first-order valence-electron chi connectivity index (χ1n) is 4.16. The highest BCUT2D eigenvalue weighted by molar-refractivity contribution is 6.01. The van der Waals surface area contributed by atoms with Gasteiger partial charge in [-0.2, -0.15) is 0 Å². The Morgan fingerprint density at radius 3 is 3.07 bits per heavy atom. The summed E-state index contributed by atoms with van der Waals surface area (Å²) >= 11 is 0. The molecule has 0 aliphatic carbocycles. The lowest BCUT2D eigenvalue weighted by Crippen LogP contribution is -2.05. The molecule has 0 spiro atoms. The predicted octanol–water partition coefficient (Wildman–Crippen LogP) is 0.799. The molecule has 0 saturated heterocycles. The van der Waals surface area contributed by atoms with Gasteiger partial charge in [-0.1, -0.05) is 0 Å². The normalized spacial score (nSPS) is 11.1. The second kappa shape index (κ2) is 2.41. The minimum absolute atomic E-state index is 0.173. The van der Waals surface area contributed by atoms with Gasteiger partial charge in [0, 0.05) is 6.20 Å². The summed E-state index contributed by atoms with van der Waals surface area (Å²) in [5.41, 5.74) is 2.47. The first kappa shape index (κ1) is 7.25. The lowest BCUT2D eigenvalue weighted by molar-refractivity contribution is 1.16. The van der Waals surface area contributed by atoms with Gasteiger partial charge in [0.25, 0.3) is 5.56 Å². The Bertz CT molecular complexity index is 667. The first-order chi connectivity index (χ1) is 6.86. The number of aromatic amines is 2. The van der Waals surface area contributed by atoms with Gasteiger partial charge in [0.2, 0.25) is 0 Å².